The van der Waals surface area contributed by atoms with Crippen LogP contribution in [-0.4, -0.2) is 10.9 Å². The van der Waals surface area contributed by atoms with Crippen LogP contribution in [0.3, 0.4) is 0 Å². The maximum Gasteiger partial charge on any atom is 0.336 e. The fraction of sp³-hybridized carbons (Fsp3) is 0.118. The zero-order chi connectivity index (χ0) is 16.1. The highest BCUT2D eigenvalue weighted by molar-refractivity contribution is 5.89. The molecule has 0 spiro atoms. The number of esters is 1. The van der Waals surface area contributed by atoms with Gasteiger partial charge in [-0.05, 0) is 37.6 Å². The van der Waals surface area contributed by atoms with Gasteiger partial charge in [0.1, 0.15) is 5.75 Å². The zero-order valence-corrected chi connectivity index (χ0v) is 12.3. The van der Waals surface area contributed by atoms with Crippen molar-refractivity contribution < 1.29 is 14.5 Å². The molecule has 0 aliphatic heterocycles. The Kier molecular flexibility index (Phi) is 4.68. The molecule has 0 heterocycles. The van der Waals surface area contributed by atoms with Crippen molar-refractivity contribution in [3.8, 4) is 5.75 Å². The number of benzene rings is 2. The van der Waals surface area contributed by atoms with E-state index in [1.54, 1.807) is 24.3 Å². The fourth-order valence-corrected chi connectivity index (χ4v) is 2.01. The minimum atomic E-state index is -0.579. The smallest absolute Gasteiger partial charge is 0.336 e. The summed E-state index contributed by atoms with van der Waals surface area (Å²) in [5.74, 6) is -0.104. The first-order valence-corrected chi connectivity index (χ1v) is 6.68. The number of rotatable bonds is 4. The molecular formula is C17H15NO4. The molecule has 0 saturated heterocycles. The van der Waals surface area contributed by atoms with Crippen LogP contribution in [-0.2, 0) is 4.79 Å². The quantitative estimate of drug-likeness (QED) is 0.283. The second kappa shape index (κ2) is 6.67. The number of para-hydroxylation sites is 1. The number of hydrogen-bond acceptors (Lipinski definition) is 4. The second-order valence-electron chi connectivity index (χ2n) is 4.84. The molecule has 0 unspecified atom stereocenters. The van der Waals surface area contributed by atoms with Crippen LogP contribution in [0.5, 0.6) is 5.75 Å². The first kappa shape index (κ1) is 15.4. The van der Waals surface area contributed by atoms with Crippen LogP contribution in [0.1, 0.15) is 16.7 Å². The lowest BCUT2D eigenvalue weighted by molar-refractivity contribution is -0.385. The van der Waals surface area contributed by atoms with Crippen LogP contribution < -0.4 is 4.74 Å². The van der Waals surface area contributed by atoms with E-state index in [1.165, 1.54) is 18.2 Å². The molecule has 22 heavy (non-hydrogen) atoms. The van der Waals surface area contributed by atoms with Gasteiger partial charge in [-0.15, -0.1) is 0 Å². The molecule has 0 bridgehead atoms. The van der Waals surface area contributed by atoms with E-state index in [0.29, 0.717) is 11.3 Å². The third kappa shape index (κ3) is 3.79. The molecule has 0 N–H and O–H groups in total. The van der Waals surface area contributed by atoms with E-state index in [2.05, 4.69) is 0 Å². The van der Waals surface area contributed by atoms with E-state index in [1.807, 2.05) is 26.0 Å². The van der Waals surface area contributed by atoms with Crippen LogP contribution in [0.4, 0.5) is 5.69 Å². The van der Waals surface area contributed by atoms with Gasteiger partial charge >= 0.3 is 5.97 Å². The van der Waals surface area contributed by atoms with Crippen molar-refractivity contribution in [3.05, 3.63) is 75.3 Å². The number of nitrogens with zero attached hydrogens (tertiary/aromatic N) is 1. The van der Waals surface area contributed by atoms with Crippen LogP contribution >= 0.6 is 0 Å². The van der Waals surface area contributed by atoms with E-state index < -0.39 is 10.9 Å². The number of nitro benzene ring substituents is 1. The molecule has 0 amide bonds. The van der Waals surface area contributed by atoms with Gasteiger partial charge in [0, 0.05) is 12.1 Å². The normalized spacial score (nSPS) is 10.6. The summed E-state index contributed by atoms with van der Waals surface area (Å²) in [4.78, 5) is 22.2. The lowest BCUT2D eigenvalue weighted by Crippen LogP contribution is -2.05. The van der Waals surface area contributed by atoms with Crippen molar-refractivity contribution in [3.63, 3.8) is 0 Å². The summed E-state index contributed by atoms with van der Waals surface area (Å²) >= 11 is 0. The van der Waals surface area contributed by atoms with E-state index >= 15 is 0 Å². The Morgan fingerprint density at radius 1 is 1.18 bits per heavy atom. The molecule has 0 fully saturated rings. The minimum Gasteiger partial charge on any atom is -0.423 e. The van der Waals surface area contributed by atoms with Crippen molar-refractivity contribution in [2.24, 2.45) is 0 Å². The number of ether oxygens (including phenoxy) is 1. The van der Waals surface area contributed by atoms with Gasteiger partial charge in [0.15, 0.2) is 0 Å². The van der Waals surface area contributed by atoms with E-state index in [9.17, 15) is 14.9 Å². The van der Waals surface area contributed by atoms with Crippen molar-refractivity contribution in [2.75, 3.05) is 0 Å². The van der Waals surface area contributed by atoms with Crippen LogP contribution in [0.15, 0.2) is 48.5 Å². The van der Waals surface area contributed by atoms with Crippen LogP contribution in [0, 0.1) is 24.0 Å². The Labute approximate surface area is 128 Å². The molecule has 0 aliphatic rings. The second-order valence-corrected chi connectivity index (χ2v) is 4.84. The molecule has 2 aromatic rings. The highest BCUT2D eigenvalue weighted by Gasteiger charge is 2.10. The average molecular weight is 297 g/mol. The van der Waals surface area contributed by atoms with E-state index in [0.717, 1.165) is 11.1 Å². The molecule has 0 aliphatic carbocycles. The largest absolute Gasteiger partial charge is 0.423 e. The number of nitro groups is 1. The highest BCUT2D eigenvalue weighted by Crippen LogP contribution is 2.21. The molecule has 0 radical (unpaired) electrons. The van der Waals surface area contributed by atoms with Gasteiger partial charge in [-0.25, -0.2) is 4.79 Å². The van der Waals surface area contributed by atoms with Gasteiger partial charge in [0.05, 0.1) is 10.5 Å². The monoisotopic (exact) mass is 297 g/mol. The molecule has 0 saturated carbocycles. The predicted molar refractivity (Wildman–Crippen MR) is 83.7 cm³/mol. The molecule has 0 aromatic heterocycles. The number of hydrogen-bond donors (Lipinski definition) is 0. The maximum absolute atomic E-state index is 11.8. The summed E-state index contributed by atoms with van der Waals surface area (Å²) in [5, 5.41) is 10.9. The summed E-state index contributed by atoms with van der Waals surface area (Å²) in [6.07, 6.45) is 2.56. The summed E-state index contributed by atoms with van der Waals surface area (Å²) in [7, 11) is 0. The Morgan fingerprint density at radius 3 is 2.59 bits per heavy atom. The molecule has 5 heteroatoms. The van der Waals surface area contributed by atoms with Gasteiger partial charge in [-0.3, -0.25) is 10.1 Å². The minimum absolute atomic E-state index is 0.0573. The summed E-state index contributed by atoms with van der Waals surface area (Å²) in [5.41, 5.74) is 2.23. The van der Waals surface area contributed by atoms with Gasteiger partial charge < -0.3 is 4.74 Å². The van der Waals surface area contributed by atoms with Crippen molar-refractivity contribution in [1.82, 2.24) is 0 Å². The van der Waals surface area contributed by atoms with Gasteiger partial charge in [-0.1, -0.05) is 29.8 Å². The Balaban J connectivity index is 2.14. The number of aryl methyl sites for hydroxylation is 2. The topological polar surface area (TPSA) is 69.4 Å². The third-order valence-corrected chi connectivity index (χ3v) is 3.07. The summed E-state index contributed by atoms with van der Waals surface area (Å²) in [6, 6.07) is 11.7. The zero-order valence-electron chi connectivity index (χ0n) is 12.3. The lowest BCUT2D eigenvalue weighted by Gasteiger charge is -2.05. The number of carbonyl (C=O) groups excluding carboxylic acids is 1. The lowest BCUT2D eigenvalue weighted by atomic mass is 10.1. The third-order valence-electron chi connectivity index (χ3n) is 3.07. The average Bonchev–Trinajstić information content (AvgIpc) is 2.48. The van der Waals surface area contributed by atoms with Gasteiger partial charge in [-0.2, -0.15) is 0 Å². The Morgan fingerprint density at radius 2 is 1.91 bits per heavy atom. The molecule has 0 atom stereocenters. The summed E-state index contributed by atoms with van der Waals surface area (Å²) < 4.78 is 5.23. The van der Waals surface area contributed by atoms with Gasteiger partial charge in [0.25, 0.3) is 5.69 Å². The maximum atomic E-state index is 11.8. The predicted octanol–water partition coefficient (Wildman–Crippen LogP) is 3.83. The Hall–Kier alpha value is -2.95. The van der Waals surface area contributed by atoms with Crippen molar-refractivity contribution in [2.45, 2.75) is 13.8 Å². The molecule has 112 valence electrons. The molecular weight excluding hydrogens is 282 g/mol. The first-order valence-electron chi connectivity index (χ1n) is 6.68. The van der Waals surface area contributed by atoms with Crippen molar-refractivity contribution >= 4 is 17.7 Å². The fourth-order valence-electron chi connectivity index (χ4n) is 2.01. The van der Waals surface area contributed by atoms with E-state index in [-0.39, 0.29) is 5.69 Å². The first-order chi connectivity index (χ1) is 10.5. The standard InChI is InChI=1S/C17H15NO4/c1-12-7-9-16(13(2)11-12)22-17(19)10-8-14-5-3-4-6-15(14)18(20)21/h3-11H,1-2H3/b10-8+. The Bertz CT molecular complexity index is 750. The molecule has 5 nitrogen and oxygen atoms in total. The molecule has 2 rings (SSSR count). The van der Waals surface area contributed by atoms with E-state index in [4.69, 9.17) is 4.74 Å². The molecule has 2 aromatic carbocycles. The highest BCUT2D eigenvalue weighted by atomic mass is 16.6. The van der Waals surface area contributed by atoms with Crippen LogP contribution in [0.25, 0.3) is 6.08 Å². The van der Waals surface area contributed by atoms with Crippen LogP contribution in [0.2, 0.25) is 0 Å². The van der Waals surface area contributed by atoms with Crippen molar-refractivity contribution in [1.29, 1.82) is 0 Å². The summed E-state index contributed by atoms with van der Waals surface area (Å²) in [6.45, 7) is 3.80. The number of carbonyl (C=O) groups is 1. The van der Waals surface area contributed by atoms with Gasteiger partial charge in [0.2, 0.25) is 0 Å². The SMILES string of the molecule is Cc1ccc(OC(=O)/C=C/c2ccccc2[N+](=O)[O-])c(C)c1.